The van der Waals surface area contributed by atoms with E-state index in [0.717, 1.165) is 12.1 Å². The highest BCUT2D eigenvalue weighted by Crippen LogP contribution is 2.29. The lowest BCUT2D eigenvalue weighted by Crippen LogP contribution is -2.01. The number of nitro benzene ring substituents is 1. The van der Waals surface area contributed by atoms with Gasteiger partial charge in [0.15, 0.2) is 0 Å². The van der Waals surface area contributed by atoms with Crippen molar-refractivity contribution in [2.45, 2.75) is 10.2 Å². The van der Waals surface area contributed by atoms with Crippen LogP contribution in [0, 0.1) is 21.4 Å². The summed E-state index contributed by atoms with van der Waals surface area (Å²) in [4.78, 5) is 9.32. The van der Waals surface area contributed by atoms with Crippen LogP contribution in [0.5, 0.6) is 0 Å². The number of alkyl halides is 1. The first-order valence-corrected chi connectivity index (χ1v) is 7.46. The predicted octanol–water partition coefficient (Wildman–Crippen LogP) is 2.29. The van der Waals surface area contributed by atoms with Gasteiger partial charge in [0.25, 0.3) is 14.7 Å². The zero-order chi connectivity index (χ0) is 13.2. The average Bonchev–Trinajstić information content (AvgIpc) is 2.25. The summed E-state index contributed by atoms with van der Waals surface area (Å²) in [6.07, 6.45) is 0. The van der Waals surface area contributed by atoms with Gasteiger partial charge in [0.05, 0.1) is 10.5 Å². The third-order valence-electron chi connectivity index (χ3n) is 1.90. The quantitative estimate of drug-likeness (QED) is 0.364. The van der Waals surface area contributed by atoms with Gasteiger partial charge in [-0.05, 0) is 5.56 Å². The third-order valence-corrected chi connectivity index (χ3v) is 3.85. The Labute approximate surface area is 110 Å². The second-order valence-electron chi connectivity index (χ2n) is 2.92. The number of hydrogen-bond acceptors (Lipinski definition) is 5. The topological polar surface area (TPSA) is 101 Å². The summed E-state index contributed by atoms with van der Waals surface area (Å²) in [7, 11) is 0.922. The van der Waals surface area contributed by atoms with Crippen molar-refractivity contribution < 1.29 is 13.3 Å². The Morgan fingerprint density at radius 2 is 2.12 bits per heavy atom. The molecular formula is C8H4BrClN2O4S. The Bertz CT molecular complexity index is 623. The number of rotatable bonds is 3. The summed E-state index contributed by atoms with van der Waals surface area (Å²) in [5.41, 5.74) is -0.430. The molecule has 0 fully saturated rings. The van der Waals surface area contributed by atoms with Crippen LogP contribution in [-0.4, -0.2) is 13.3 Å². The second-order valence-corrected chi connectivity index (χ2v) is 6.01. The molecule has 6 nitrogen and oxygen atoms in total. The molecule has 0 saturated carbocycles. The molecule has 0 aliphatic rings. The largest absolute Gasteiger partial charge is 0.271 e. The molecule has 0 N–H and O–H groups in total. The summed E-state index contributed by atoms with van der Waals surface area (Å²) in [6.45, 7) is 0. The fraction of sp³-hybridized carbons (Fsp3) is 0.125. The first-order chi connectivity index (χ1) is 7.81. The smallest absolute Gasteiger partial charge is 0.258 e. The van der Waals surface area contributed by atoms with Crippen molar-refractivity contribution in [2.24, 2.45) is 0 Å². The van der Waals surface area contributed by atoms with Gasteiger partial charge >= 0.3 is 0 Å². The van der Waals surface area contributed by atoms with Gasteiger partial charge in [0, 0.05) is 28.1 Å². The van der Waals surface area contributed by atoms with Crippen molar-refractivity contribution in [1.29, 1.82) is 5.26 Å². The number of non-ortho nitro benzene ring substituents is 1. The highest BCUT2D eigenvalue weighted by atomic mass is 79.9. The fourth-order valence-corrected chi connectivity index (χ4v) is 2.68. The lowest BCUT2D eigenvalue weighted by Gasteiger charge is -2.04. The van der Waals surface area contributed by atoms with Gasteiger partial charge in [0.1, 0.15) is 11.0 Å². The Kier molecular flexibility index (Phi) is 4.08. The molecular weight excluding hydrogens is 336 g/mol. The molecule has 0 atom stereocenters. The minimum Gasteiger partial charge on any atom is -0.258 e. The van der Waals surface area contributed by atoms with Crippen LogP contribution in [-0.2, 0) is 14.4 Å². The number of hydrogen-bond donors (Lipinski definition) is 0. The third kappa shape index (κ3) is 2.94. The Morgan fingerprint density at radius 1 is 1.53 bits per heavy atom. The van der Waals surface area contributed by atoms with Crippen molar-refractivity contribution in [2.75, 3.05) is 0 Å². The van der Waals surface area contributed by atoms with Crippen LogP contribution in [0.4, 0.5) is 5.69 Å². The second kappa shape index (κ2) is 5.00. The Morgan fingerprint density at radius 3 is 2.47 bits per heavy atom. The van der Waals surface area contributed by atoms with Crippen LogP contribution in [0.15, 0.2) is 17.0 Å². The van der Waals surface area contributed by atoms with Crippen molar-refractivity contribution in [3.8, 4) is 6.07 Å². The molecule has 9 heteroatoms. The summed E-state index contributed by atoms with van der Waals surface area (Å²) < 4.78 is 22.5. The van der Waals surface area contributed by atoms with Crippen LogP contribution < -0.4 is 0 Å². The molecule has 1 rings (SSSR count). The van der Waals surface area contributed by atoms with E-state index in [2.05, 4.69) is 15.9 Å². The van der Waals surface area contributed by atoms with Gasteiger partial charge in [-0.1, -0.05) is 15.9 Å². The van der Waals surface area contributed by atoms with Crippen LogP contribution in [0.3, 0.4) is 0 Å². The molecule has 0 amide bonds. The van der Waals surface area contributed by atoms with E-state index in [9.17, 15) is 18.5 Å². The SMILES string of the molecule is N#Cc1c(CBr)cc([N+](=O)[O-])cc1S(=O)(=O)Cl. The number of nitrogens with zero attached hydrogens (tertiary/aromatic N) is 2. The van der Waals surface area contributed by atoms with Crippen molar-refractivity contribution in [3.63, 3.8) is 0 Å². The molecule has 0 radical (unpaired) electrons. The predicted molar refractivity (Wildman–Crippen MR) is 63.5 cm³/mol. The maximum absolute atomic E-state index is 11.2. The van der Waals surface area contributed by atoms with Crippen LogP contribution in [0.1, 0.15) is 11.1 Å². The molecule has 0 spiro atoms. The molecule has 0 bridgehead atoms. The van der Waals surface area contributed by atoms with Crippen LogP contribution in [0.2, 0.25) is 0 Å². The van der Waals surface area contributed by atoms with E-state index >= 15 is 0 Å². The zero-order valence-corrected chi connectivity index (χ0v) is 11.2. The van der Waals surface area contributed by atoms with E-state index in [1.165, 1.54) is 0 Å². The van der Waals surface area contributed by atoms with Gasteiger partial charge in [-0.2, -0.15) is 5.26 Å². The van der Waals surface area contributed by atoms with Gasteiger partial charge in [-0.3, -0.25) is 10.1 Å². The number of nitro groups is 1. The maximum Gasteiger partial charge on any atom is 0.271 e. The van der Waals surface area contributed by atoms with E-state index in [0.29, 0.717) is 0 Å². The summed E-state index contributed by atoms with van der Waals surface area (Å²) in [5, 5.41) is 19.6. The highest BCUT2D eigenvalue weighted by Gasteiger charge is 2.23. The van der Waals surface area contributed by atoms with E-state index in [-0.39, 0.29) is 16.5 Å². The minimum atomic E-state index is -4.21. The first-order valence-electron chi connectivity index (χ1n) is 4.03. The Balaban J connectivity index is 3.74. The molecule has 0 unspecified atom stereocenters. The molecule has 0 aliphatic carbocycles. The maximum atomic E-state index is 11.2. The molecule has 1 aromatic carbocycles. The van der Waals surface area contributed by atoms with Gasteiger partial charge < -0.3 is 0 Å². The molecule has 1 aromatic rings. The first kappa shape index (κ1) is 13.9. The number of benzene rings is 1. The summed E-state index contributed by atoms with van der Waals surface area (Å²) >= 11 is 3.02. The number of halogens is 2. The van der Waals surface area contributed by atoms with E-state index in [1.807, 2.05) is 0 Å². The molecule has 0 saturated heterocycles. The normalized spacial score (nSPS) is 10.9. The van der Waals surface area contributed by atoms with Crippen molar-refractivity contribution in [3.05, 3.63) is 33.4 Å². The zero-order valence-electron chi connectivity index (χ0n) is 8.05. The van der Waals surface area contributed by atoms with E-state index in [1.54, 1.807) is 6.07 Å². The van der Waals surface area contributed by atoms with Gasteiger partial charge in [-0.15, -0.1) is 0 Å². The summed E-state index contributed by atoms with van der Waals surface area (Å²) in [5.74, 6) is 0. The molecule has 17 heavy (non-hydrogen) atoms. The van der Waals surface area contributed by atoms with Crippen LogP contribution >= 0.6 is 26.6 Å². The van der Waals surface area contributed by atoms with E-state index < -0.39 is 24.6 Å². The number of nitriles is 1. The Hall–Kier alpha value is -1.17. The molecule has 90 valence electrons. The van der Waals surface area contributed by atoms with Crippen molar-refractivity contribution >= 4 is 41.4 Å². The van der Waals surface area contributed by atoms with E-state index in [4.69, 9.17) is 15.9 Å². The molecule has 0 aromatic heterocycles. The fourth-order valence-electron chi connectivity index (χ4n) is 1.19. The molecule has 0 heterocycles. The van der Waals surface area contributed by atoms with Gasteiger partial charge in [0.2, 0.25) is 0 Å². The standard InChI is InChI=1S/C8H4BrClN2O4S/c9-3-5-1-6(12(13)14)2-8(7(5)4-11)17(10,15)16/h1-2H,3H2. The lowest BCUT2D eigenvalue weighted by atomic mass is 10.1. The lowest BCUT2D eigenvalue weighted by molar-refractivity contribution is -0.385. The minimum absolute atomic E-state index is 0.108. The average molecular weight is 340 g/mol. The van der Waals surface area contributed by atoms with Gasteiger partial charge in [-0.25, -0.2) is 8.42 Å². The molecule has 0 aliphatic heterocycles. The van der Waals surface area contributed by atoms with Crippen molar-refractivity contribution in [1.82, 2.24) is 0 Å². The highest BCUT2D eigenvalue weighted by molar-refractivity contribution is 9.08. The van der Waals surface area contributed by atoms with Crippen LogP contribution in [0.25, 0.3) is 0 Å². The monoisotopic (exact) mass is 338 g/mol. The summed E-state index contributed by atoms with van der Waals surface area (Å²) in [6, 6.07) is 3.57.